The van der Waals surface area contributed by atoms with Crippen LogP contribution < -0.4 is 5.56 Å². The summed E-state index contributed by atoms with van der Waals surface area (Å²) in [6.45, 7) is 6.79. The third-order valence-electron chi connectivity index (χ3n) is 3.50. The van der Waals surface area contributed by atoms with Crippen molar-refractivity contribution < 1.29 is 9.84 Å². The van der Waals surface area contributed by atoms with E-state index in [4.69, 9.17) is 10.00 Å². The monoisotopic (exact) mass is 292 g/mol. The lowest BCUT2D eigenvalue weighted by Crippen LogP contribution is -2.23. The molecule has 0 aliphatic carbocycles. The van der Waals surface area contributed by atoms with Crippen molar-refractivity contribution in [2.24, 2.45) is 0 Å². The van der Waals surface area contributed by atoms with E-state index >= 15 is 0 Å². The van der Waals surface area contributed by atoms with E-state index in [2.05, 4.69) is 6.92 Å². The number of rotatable bonds is 8. The van der Waals surface area contributed by atoms with Gasteiger partial charge in [-0.3, -0.25) is 9.36 Å². The van der Waals surface area contributed by atoms with Gasteiger partial charge in [-0.05, 0) is 32.3 Å². The molecule has 5 nitrogen and oxygen atoms in total. The number of pyridine rings is 1. The lowest BCUT2D eigenvalue weighted by molar-refractivity contribution is 0.0542. The number of nitriles is 1. The molecule has 0 bridgehead atoms. The van der Waals surface area contributed by atoms with Crippen molar-refractivity contribution in [3.63, 3.8) is 0 Å². The molecule has 0 spiro atoms. The maximum absolute atomic E-state index is 11.9. The zero-order valence-electron chi connectivity index (χ0n) is 13.1. The zero-order chi connectivity index (χ0) is 15.8. The van der Waals surface area contributed by atoms with Gasteiger partial charge in [0, 0.05) is 19.2 Å². The molecule has 5 heteroatoms. The summed E-state index contributed by atoms with van der Waals surface area (Å²) in [7, 11) is 0. The molecule has 1 N–H and O–H groups in total. The number of unbranched alkanes of at least 4 members (excludes halogenated alkanes) is 2. The highest BCUT2D eigenvalue weighted by atomic mass is 16.5. The van der Waals surface area contributed by atoms with E-state index in [9.17, 15) is 9.90 Å². The van der Waals surface area contributed by atoms with Crippen LogP contribution in [0.5, 0.6) is 5.88 Å². The standard InChI is InChI=1S/C16H24N2O3/c1-4-5-6-9-21-13(3)7-8-18-15(19)10-12(2)14(11-17)16(18)20/h10,13,20H,4-9H2,1-3H3. The molecule has 0 saturated carbocycles. The average molecular weight is 292 g/mol. The second-order valence-electron chi connectivity index (χ2n) is 5.30. The smallest absolute Gasteiger partial charge is 0.253 e. The molecule has 1 heterocycles. The summed E-state index contributed by atoms with van der Waals surface area (Å²) >= 11 is 0. The van der Waals surface area contributed by atoms with Crippen molar-refractivity contribution in [3.8, 4) is 11.9 Å². The number of ether oxygens (including phenoxy) is 1. The Kier molecular flexibility index (Phi) is 6.97. The van der Waals surface area contributed by atoms with Gasteiger partial charge >= 0.3 is 0 Å². The van der Waals surface area contributed by atoms with E-state index in [0.29, 0.717) is 25.1 Å². The first-order valence-electron chi connectivity index (χ1n) is 7.46. The second kappa shape index (κ2) is 8.48. The first-order valence-corrected chi connectivity index (χ1v) is 7.46. The normalized spacial score (nSPS) is 12.1. The number of aryl methyl sites for hydroxylation is 1. The summed E-state index contributed by atoms with van der Waals surface area (Å²) in [6, 6.07) is 3.31. The van der Waals surface area contributed by atoms with Crippen LogP contribution in [0.1, 0.15) is 50.7 Å². The van der Waals surface area contributed by atoms with Gasteiger partial charge in [-0.1, -0.05) is 19.8 Å². The Morgan fingerprint density at radius 3 is 2.81 bits per heavy atom. The van der Waals surface area contributed by atoms with Crippen molar-refractivity contribution in [1.82, 2.24) is 4.57 Å². The zero-order valence-corrected chi connectivity index (χ0v) is 13.1. The van der Waals surface area contributed by atoms with E-state index in [-0.39, 0.29) is 23.1 Å². The van der Waals surface area contributed by atoms with Gasteiger partial charge in [-0.25, -0.2) is 0 Å². The summed E-state index contributed by atoms with van der Waals surface area (Å²) < 4.78 is 6.90. The van der Waals surface area contributed by atoms with Gasteiger partial charge in [0.2, 0.25) is 5.88 Å². The fourth-order valence-corrected chi connectivity index (χ4v) is 2.14. The third-order valence-corrected chi connectivity index (χ3v) is 3.50. The van der Waals surface area contributed by atoms with E-state index in [1.54, 1.807) is 6.92 Å². The highest BCUT2D eigenvalue weighted by Gasteiger charge is 2.13. The van der Waals surface area contributed by atoms with E-state index < -0.39 is 0 Å². The molecule has 0 aliphatic rings. The van der Waals surface area contributed by atoms with E-state index in [0.717, 1.165) is 19.3 Å². The summed E-state index contributed by atoms with van der Waals surface area (Å²) in [6.07, 6.45) is 3.97. The Hall–Kier alpha value is -1.80. The maximum atomic E-state index is 11.9. The van der Waals surface area contributed by atoms with Crippen molar-refractivity contribution >= 4 is 0 Å². The van der Waals surface area contributed by atoms with Gasteiger partial charge in [0.25, 0.3) is 5.56 Å². The van der Waals surface area contributed by atoms with Crippen LogP contribution in [0, 0.1) is 18.3 Å². The van der Waals surface area contributed by atoms with Gasteiger partial charge in [-0.2, -0.15) is 5.26 Å². The van der Waals surface area contributed by atoms with Crippen LogP contribution in [0.2, 0.25) is 0 Å². The molecule has 1 aromatic heterocycles. The topological polar surface area (TPSA) is 75.2 Å². The number of aromatic hydroxyl groups is 1. The van der Waals surface area contributed by atoms with Gasteiger partial charge < -0.3 is 9.84 Å². The van der Waals surface area contributed by atoms with Crippen molar-refractivity contribution in [3.05, 3.63) is 27.5 Å². The van der Waals surface area contributed by atoms with Crippen LogP contribution in [0.3, 0.4) is 0 Å². The minimum absolute atomic E-state index is 0.0139. The molecule has 0 aromatic carbocycles. The Morgan fingerprint density at radius 2 is 2.19 bits per heavy atom. The van der Waals surface area contributed by atoms with Crippen molar-refractivity contribution in [2.75, 3.05) is 6.61 Å². The average Bonchev–Trinajstić information content (AvgIpc) is 2.43. The summed E-state index contributed by atoms with van der Waals surface area (Å²) in [5, 5.41) is 19.0. The molecule has 1 rings (SSSR count). The summed E-state index contributed by atoms with van der Waals surface area (Å²) in [5.41, 5.74) is 0.369. The molecule has 0 amide bonds. The van der Waals surface area contributed by atoms with Gasteiger partial charge in [0.05, 0.1) is 6.10 Å². The number of nitrogens with zero attached hydrogens (tertiary/aromatic N) is 2. The predicted octanol–water partition coefficient (Wildman–Crippen LogP) is 2.72. The highest BCUT2D eigenvalue weighted by Crippen LogP contribution is 2.18. The minimum Gasteiger partial charge on any atom is -0.493 e. The van der Waals surface area contributed by atoms with Crippen LogP contribution in [0.15, 0.2) is 10.9 Å². The molecule has 21 heavy (non-hydrogen) atoms. The van der Waals surface area contributed by atoms with Crippen LogP contribution >= 0.6 is 0 Å². The van der Waals surface area contributed by atoms with Crippen molar-refractivity contribution in [2.45, 2.75) is 59.1 Å². The fraction of sp³-hybridized carbons (Fsp3) is 0.625. The second-order valence-corrected chi connectivity index (χ2v) is 5.30. The minimum atomic E-state index is -0.290. The maximum Gasteiger partial charge on any atom is 0.253 e. The van der Waals surface area contributed by atoms with Gasteiger partial charge in [0.15, 0.2) is 0 Å². The Labute approximate surface area is 125 Å². The first-order chi connectivity index (χ1) is 10.0. The summed E-state index contributed by atoms with van der Waals surface area (Å²) in [4.78, 5) is 11.9. The Morgan fingerprint density at radius 1 is 1.48 bits per heavy atom. The predicted molar refractivity (Wildman–Crippen MR) is 81.4 cm³/mol. The van der Waals surface area contributed by atoms with Gasteiger partial charge in [0.1, 0.15) is 11.6 Å². The van der Waals surface area contributed by atoms with Gasteiger partial charge in [-0.15, -0.1) is 0 Å². The molecular formula is C16H24N2O3. The van der Waals surface area contributed by atoms with E-state index in [1.165, 1.54) is 10.6 Å². The number of aromatic nitrogens is 1. The summed E-state index contributed by atoms with van der Waals surface area (Å²) in [5.74, 6) is -0.249. The highest BCUT2D eigenvalue weighted by molar-refractivity contribution is 5.43. The SMILES string of the molecule is CCCCCOC(C)CCn1c(O)c(C#N)c(C)cc1=O. The molecule has 1 unspecified atom stereocenters. The number of hydrogen-bond acceptors (Lipinski definition) is 4. The lowest BCUT2D eigenvalue weighted by atomic mass is 10.1. The third kappa shape index (κ3) is 4.91. The molecule has 0 saturated heterocycles. The molecule has 0 fully saturated rings. The Balaban J connectivity index is 2.64. The van der Waals surface area contributed by atoms with Crippen LogP contribution in [-0.4, -0.2) is 22.4 Å². The molecular weight excluding hydrogens is 268 g/mol. The fourth-order valence-electron chi connectivity index (χ4n) is 2.14. The molecule has 1 aromatic rings. The van der Waals surface area contributed by atoms with Crippen LogP contribution in [0.25, 0.3) is 0 Å². The first kappa shape index (κ1) is 17.3. The van der Waals surface area contributed by atoms with Crippen LogP contribution in [-0.2, 0) is 11.3 Å². The van der Waals surface area contributed by atoms with Crippen molar-refractivity contribution in [1.29, 1.82) is 5.26 Å². The van der Waals surface area contributed by atoms with E-state index in [1.807, 2.05) is 13.0 Å². The molecule has 1 atom stereocenters. The van der Waals surface area contributed by atoms with Crippen LogP contribution in [0.4, 0.5) is 0 Å². The number of hydrogen-bond donors (Lipinski definition) is 1. The molecule has 116 valence electrons. The lowest BCUT2D eigenvalue weighted by Gasteiger charge is -2.15. The quantitative estimate of drug-likeness (QED) is 0.747. The molecule has 0 radical (unpaired) electrons. The molecule has 0 aliphatic heterocycles. The Bertz CT molecular complexity index is 558. The largest absolute Gasteiger partial charge is 0.493 e.